The van der Waals surface area contributed by atoms with Crippen molar-refractivity contribution in [3.8, 4) is 0 Å². The summed E-state index contributed by atoms with van der Waals surface area (Å²) in [5.41, 5.74) is 4.87. The summed E-state index contributed by atoms with van der Waals surface area (Å²) < 4.78 is 0. The van der Waals surface area contributed by atoms with Gasteiger partial charge in [0.2, 0.25) is 0 Å². The fourth-order valence-corrected chi connectivity index (χ4v) is 2.31. The molecule has 8 heteroatoms. The van der Waals surface area contributed by atoms with E-state index in [0.29, 0.717) is 5.56 Å². The maximum Gasteiger partial charge on any atom is 0.325 e. The van der Waals surface area contributed by atoms with E-state index in [4.69, 9.17) is 10.8 Å². The normalized spacial score (nSPS) is 21.3. The molecule has 1 amide bonds. The van der Waals surface area contributed by atoms with Crippen LogP contribution in [-0.2, 0) is 4.79 Å². The van der Waals surface area contributed by atoms with E-state index in [0.717, 1.165) is 0 Å². The van der Waals surface area contributed by atoms with E-state index in [1.165, 1.54) is 23.1 Å². The minimum atomic E-state index is -1.45. The molecule has 112 valence electrons. The van der Waals surface area contributed by atoms with Gasteiger partial charge in [-0.3, -0.25) is 19.7 Å². The summed E-state index contributed by atoms with van der Waals surface area (Å²) in [5, 5.41) is 19.8. The van der Waals surface area contributed by atoms with Crippen LogP contribution in [-0.4, -0.2) is 45.4 Å². The summed E-state index contributed by atoms with van der Waals surface area (Å²) in [5.74, 6) is -1.60. The van der Waals surface area contributed by atoms with Crippen molar-refractivity contribution >= 4 is 17.6 Å². The van der Waals surface area contributed by atoms with Crippen LogP contribution >= 0.6 is 0 Å². The first-order valence-corrected chi connectivity index (χ1v) is 6.31. The molecule has 8 nitrogen and oxygen atoms in total. The lowest BCUT2D eigenvalue weighted by Crippen LogP contribution is -2.50. The Kier molecular flexibility index (Phi) is 3.65. The number of carboxylic acids is 1. The molecule has 0 aromatic heterocycles. The van der Waals surface area contributed by atoms with Gasteiger partial charge < -0.3 is 15.7 Å². The molecular formula is C13H15N3O5. The van der Waals surface area contributed by atoms with E-state index in [1.54, 1.807) is 6.92 Å². The molecule has 1 aromatic carbocycles. The molecule has 1 aliphatic heterocycles. The van der Waals surface area contributed by atoms with E-state index in [1.807, 2.05) is 0 Å². The highest BCUT2D eigenvalue weighted by atomic mass is 16.6. The zero-order chi connectivity index (χ0) is 15.8. The van der Waals surface area contributed by atoms with Crippen molar-refractivity contribution in [1.82, 2.24) is 4.90 Å². The van der Waals surface area contributed by atoms with Gasteiger partial charge in [0.25, 0.3) is 11.6 Å². The Morgan fingerprint density at radius 1 is 1.48 bits per heavy atom. The Balaban J connectivity index is 2.28. The number of carbonyl (C=O) groups excluding carboxylic acids is 1. The lowest BCUT2D eigenvalue weighted by Gasteiger charge is -2.20. The van der Waals surface area contributed by atoms with Crippen LogP contribution in [0.3, 0.4) is 0 Å². The highest BCUT2D eigenvalue weighted by Gasteiger charge is 2.43. The predicted octanol–water partition coefficient (Wildman–Crippen LogP) is 0.531. The van der Waals surface area contributed by atoms with E-state index in [2.05, 4.69) is 0 Å². The SMILES string of the molecule is Cc1ccc([N+](=O)[O-])cc1C(=O)N1CCC(N)(C(=O)O)C1. The van der Waals surface area contributed by atoms with Crippen LogP contribution in [0.2, 0.25) is 0 Å². The zero-order valence-electron chi connectivity index (χ0n) is 11.4. The Labute approximate surface area is 120 Å². The Bertz CT molecular complexity index is 630. The largest absolute Gasteiger partial charge is 0.480 e. The molecule has 1 atom stereocenters. The Hall–Kier alpha value is -2.48. The molecule has 1 aliphatic rings. The van der Waals surface area contributed by atoms with Crippen LogP contribution in [0.25, 0.3) is 0 Å². The molecule has 1 saturated heterocycles. The third-order valence-electron chi connectivity index (χ3n) is 3.68. The first kappa shape index (κ1) is 14.9. The molecule has 1 unspecified atom stereocenters. The number of likely N-dealkylation sites (tertiary alicyclic amines) is 1. The number of hydrogen-bond donors (Lipinski definition) is 2. The topological polar surface area (TPSA) is 127 Å². The maximum atomic E-state index is 12.4. The highest BCUT2D eigenvalue weighted by Crippen LogP contribution is 2.24. The second kappa shape index (κ2) is 5.13. The first-order chi connectivity index (χ1) is 9.74. The van der Waals surface area contributed by atoms with Gasteiger partial charge in [-0.1, -0.05) is 6.07 Å². The third kappa shape index (κ3) is 2.70. The summed E-state index contributed by atoms with van der Waals surface area (Å²) in [7, 11) is 0. The second-order valence-electron chi connectivity index (χ2n) is 5.19. The van der Waals surface area contributed by atoms with Crippen LogP contribution in [0.1, 0.15) is 22.3 Å². The quantitative estimate of drug-likeness (QED) is 0.618. The molecule has 0 radical (unpaired) electrons. The standard InChI is InChI=1S/C13H15N3O5/c1-8-2-3-9(16(20)21)6-10(8)11(17)15-5-4-13(14,7-15)12(18)19/h2-3,6H,4-5,7,14H2,1H3,(H,18,19). The van der Waals surface area contributed by atoms with Crippen molar-refractivity contribution in [2.24, 2.45) is 5.73 Å². The summed E-state index contributed by atoms with van der Waals surface area (Å²) in [6.45, 7) is 1.77. The van der Waals surface area contributed by atoms with Gasteiger partial charge in [0, 0.05) is 30.8 Å². The van der Waals surface area contributed by atoms with Gasteiger partial charge in [0.1, 0.15) is 5.54 Å². The number of nitrogens with two attached hydrogens (primary N) is 1. The number of nitro benzene ring substituents is 1. The fourth-order valence-electron chi connectivity index (χ4n) is 2.31. The van der Waals surface area contributed by atoms with Crippen molar-refractivity contribution in [1.29, 1.82) is 0 Å². The molecule has 21 heavy (non-hydrogen) atoms. The van der Waals surface area contributed by atoms with Crippen LogP contribution in [0.4, 0.5) is 5.69 Å². The number of amides is 1. The Morgan fingerprint density at radius 3 is 2.67 bits per heavy atom. The predicted molar refractivity (Wildman–Crippen MR) is 72.9 cm³/mol. The smallest absolute Gasteiger partial charge is 0.325 e. The van der Waals surface area contributed by atoms with Gasteiger partial charge in [0.15, 0.2) is 0 Å². The molecule has 0 saturated carbocycles. The van der Waals surface area contributed by atoms with Gasteiger partial charge in [-0.15, -0.1) is 0 Å². The second-order valence-corrected chi connectivity index (χ2v) is 5.19. The van der Waals surface area contributed by atoms with Crippen LogP contribution in [0.5, 0.6) is 0 Å². The number of carboxylic acid groups (broad SMARTS) is 1. The minimum absolute atomic E-state index is 0.108. The molecular weight excluding hydrogens is 278 g/mol. The molecule has 0 bridgehead atoms. The van der Waals surface area contributed by atoms with Crippen LogP contribution < -0.4 is 5.73 Å². The van der Waals surface area contributed by atoms with E-state index >= 15 is 0 Å². The van der Waals surface area contributed by atoms with Crippen molar-refractivity contribution in [2.45, 2.75) is 18.9 Å². The maximum absolute atomic E-state index is 12.4. The number of nitrogens with zero attached hydrogens (tertiary/aromatic N) is 2. The number of carbonyl (C=O) groups is 2. The molecule has 0 aliphatic carbocycles. The average Bonchev–Trinajstić information content (AvgIpc) is 2.82. The molecule has 1 fully saturated rings. The van der Waals surface area contributed by atoms with Crippen LogP contribution in [0.15, 0.2) is 18.2 Å². The van der Waals surface area contributed by atoms with Gasteiger partial charge in [-0.05, 0) is 18.9 Å². The number of non-ortho nitro benzene ring substituents is 1. The highest BCUT2D eigenvalue weighted by molar-refractivity contribution is 5.97. The lowest BCUT2D eigenvalue weighted by atomic mass is 10.0. The van der Waals surface area contributed by atoms with E-state index < -0.39 is 22.3 Å². The lowest BCUT2D eigenvalue weighted by molar-refractivity contribution is -0.384. The zero-order valence-corrected chi connectivity index (χ0v) is 11.4. The number of aliphatic carboxylic acids is 1. The van der Waals surface area contributed by atoms with Crippen molar-refractivity contribution in [2.75, 3.05) is 13.1 Å². The van der Waals surface area contributed by atoms with E-state index in [9.17, 15) is 19.7 Å². The minimum Gasteiger partial charge on any atom is -0.480 e. The average molecular weight is 293 g/mol. The first-order valence-electron chi connectivity index (χ1n) is 6.31. The van der Waals surface area contributed by atoms with Gasteiger partial charge in [0.05, 0.1) is 4.92 Å². The summed E-state index contributed by atoms with van der Waals surface area (Å²) in [4.78, 5) is 35.0. The summed E-state index contributed by atoms with van der Waals surface area (Å²) in [6.07, 6.45) is 0.155. The van der Waals surface area contributed by atoms with Crippen LogP contribution in [0, 0.1) is 17.0 Å². The van der Waals surface area contributed by atoms with Gasteiger partial charge >= 0.3 is 5.97 Å². The number of nitro groups is 1. The molecule has 3 N–H and O–H groups in total. The van der Waals surface area contributed by atoms with Crippen molar-refractivity contribution < 1.29 is 19.6 Å². The van der Waals surface area contributed by atoms with Crippen molar-refractivity contribution in [3.63, 3.8) is 0 Å². The number of rotatable bonds is 3. The summed E-state index contributed by atoms with van der Waals surface area (Å²) >= 11 is 0. The third-order valence-corrected chi connectivity index (χ3v) is 3.68. The molecule has 1 aromatic rings. The monoisotopic (exact) mass is 293 g/mol. The van der Waals surface area contributed by atoms with Gasteiger partial charge in [-0.25, -0.2) is 0 Å². The summed E-state index contributed by atoms with van der Waals surface area (Å²) in [6, 6.07) is 4.02. The number of aryl methyl sites for hydroxylation is 1. The molecule has 2 rings (SSSR count). The van der Waals surface area contributed by atoms with E-state index in [-0.39, 0.29) is 30.8 Å². The number of hydrogen-bond acceptors (Lipinski definition) is 5. The Morgan fingerprint density at radius 2 is 2.14 bits per heavy atom. The molecule has 1 heterocycles. The van der Waals surface area contributed by atoms with Gasteiger partial charge in [-0.2, -0.15) is 0 Å². The molecule has 0 spiro atoms. The fraction of sp³-hybridized carbons (Fsp3) is 0.385. The number of benzene rings is 1. The van der Waals surface area contributed by atoms with Crippen molar-refractivity contribution in [3.05, 3.63) is 39.4 Å².